The molecule has 18 heavy (non-hydrogen) atoms. The molecule has 5 heteroatoms. The first kappa shape index (κ1) is 14.9. The lowest BCUT2D eigenvalue weighted by molar-refractivity contribution is 0.0950. The zero-order chi connectivity index (χ0) is 13.5. The first-order valence-electron chi connectivity index (χ1n) is 6.11. The summed E-state index contributed by atoms with van der Waals surface area (Å²) in [5.74, 6) is -0.499. The SMILES string of the molecule is CCC(CC)C(Cl)CNC(=O)c1cncc(F)c1. The molecule has 1 heterocycles. The first-order chi connectivity index (χ1) is 8.58. The van der Waals surface area contributed by atoms with Crippen LogP contribution in [0.4, 0.5) is 4.39 Å². The maximum atomic E-state index is 12.9. The summed E-state index contributed by atoms with van der Waals surface area (Å²) in [5, 5.41) is 2.59. The van der Waals surface area contributed by atoms with Gasteiger partial charge < -0.3 is 5.32 Å². The predicted molar refractivity (Wildman–Crippen MR) is 70.2 cm³/mol. The van der Waals surface area contributed by atoms with Gasteiger partial charge in [-0.1, -0.05) is 26.7 Å². The van der Waals surface area contributed by atoms with E-state index in [-0.39, 0.29) is 16.8 Å². The van der Waals surface area contributed by atoms with Gasteiger partial charge in [-0.2, -0.15) is 0 Å². The molecule has 100 valence electrons. The van der Waals surface area contributed by atoms with E-state index in [4.69, 9.17) is 11.6 Å². The van der Waals surface area contributed by atoms with Gasteiger partial charge in [-0.25, -0.2) is 4.39 Å². The average Bonchev–Trinajstić information content (AvgIpc) is 2.37. The second-order valence-electron chi connectivity index (χ2n) is 4.19. The van der Waals surface area contributed by atoms with E-state index in [0.29, 0.717) is 12.5 Å². The number of carbonyl (C=O) groups is 1. The Labute approximate surface area is 112 Å². The van der Waals surface area contributed by atoms with Crippen molar-refractivity contribution in [2.45, 2.75) is 32.1 Å². The zero-order valence-corrected chi connectivity index (χ0v) is 11.4. The summed E-state index contributed by atoms with van der Waals surface area (Å²) < 4.78 is 12.9. The van der Waals surface area contributed by atoms with Gasteiger partial charge in [0, 0.05) is 12.7 Å². The quantitative estimate of drug-likeness (QED) is 0.809. The number of nitrogens with zero attached hydrogens (tertiary/aromatic N) is 1. The monoisotopic (exact) mass is 272 g/mol. The van der Waals surface area contributed by atoms with Gasteiger partial charge in [-0.15, -0.1) is 11.6 Å². The highest BCUT2D eigenvalue weighted by Crippen LogP contribution is 2.17. The smallest absolute Gasteiger partial charge is 0.253 e. The van der Waals surface area contributed by atoms with Crippen LogP contribution in [0.1, 0.15) is 37.0 Å². The highest BCUT2D eigenvalue weighted by molar-refractivity contribution is 6.21. The number of aromatic nitrogens is 1. The maximum absolute atomic E-state index is 12.9. The molecule has 0 fully saturated rings. The lowest BCUT2D eigenvalue weighted by Crippen LogP contribution is -2.33. The molecule has 1 unspecified atom stereocenters. The highest BCUT2D eigenvalue weighted by Gasteiger charge is 2.17. The Balaban J connectivity index is 2.51. The Morgan fingerprint density at radius 1 is 1.44 bits per heavy atom. The molecule has 0 aliphatic rings. The molecular formula is C13H18ClFN2O. The summed E-state index contributed by atoms with van der Waals surface area (Å²) in [7, 11) is 0. The number of nitrogens with one attached hydrogen (secondary N) is 1. The van der Waals surface area contributed by atoms with Gasteiger partial charge in [0.1, 0.15) is 5.82 Å². The van der Waals surface area contributed by atoms with Crippen molar-refractivity contribution < 1.29 is 9.18 Å². The molecule has 1 rings (SSSR count). The molecule has 1 aromatic heterocycles. The van der Waals surface area contributed by atoms with Crippen molar-refractivity contribution in [3.05, 3.63) is 29.8 Å². The lowest BCUT2D eigenvalue weighted by atomic mass is 9.99. The Morgan fingerprint density at radius 3 is 2.67 bits per heavy atom. The van der Waals surface area contributed by atoms with Gasteiger partial charge in [-0.3, -0.25) is 9.78 Å². The van der Waals surface area contributed by atoms with E-state index in [1.807, 2.05) is 0 Å². The fourth-order valence-electron chi connectivity index (χ4n) is 1.80. The molecular weight excluding hydrogens is 255 g/mol. The van der Waals surface area contributed by atoms with Crippen LogP contribution < -0.4 is 5.32 Å². The highest BCUT2D eigenvalue weighted by atomic mass is 35.5. The largest absolute Gasteiger partial charge is 0.350 e. The minimum atomic E-state index is -0.523. The normalized spacial score (nSPS) is 12.5. The molecule has 0 aliphatic carbocycles. The third-order valence-corrected chi connectivity index (χ3v) is 3.50. The van der Waals surface area contributed by atoms with Gasteiger partial charge in [-0.05, 0) is 12.0 Å². The van der Waals surface area contributed by atoms with Crippen molar-refractivity contribution in [3.8, 4) is 0 Å². The molecule has 0 saturated carbocycles. The number of amides is 1. The third-order valence-electron chi connectivity index (χ3n) is 2.98. The van der Waals surface area contributed by atoms with E-state index >= 15 is 0 Å². The zero-order valence-electron chi connectivity index (χ0n) is 10.6. The van der Waals surface area contributed by atoms with Crippen LogP contribution in [-0.4, -0.2) is 22.8 Å². The van der Waals surface area contributed by atoms with E-state index in [1.54, 1.807) is 0 Å². The van der Waals surface area contributed by atoms with Gasteiger partial charge in [0.15, 0.2) is 0 Å². The number of halogens is 2. The van der Waals surface area contributed by atoms with Crippen LogP contribution in [0.3, 0.4) is 0 Å². The molecule has 0 aliphatic heterocycles. The molecule has 3 nitrogen and oxygen atoms in total. The van der Waals surface area contributed by atoms with Crippen molar-refractivity contribution >= 4 is 17.5 Å². The second kappa shape index (κ2) is 7.31. The fourth-order valence-corrected chi connectivity index (χ4v) is 2.23. The van der Waals surface area contributed by atoms with E-state index in [0.717, 1.165) is 25.1 Å². The molecule has 1 N–H and O–H groups in total. The standard InChI is InChI=1S/C13H18ClFN2O/c1-3-9(4-2)12(14)8-17-13(18)10-5-11(15)7-16-6-10/h5-7,9,12H,3-4,8H2,1-2H3,(H,17,18). The third kappa shape index (κ3) is 4.26. The second-order valence-corrected chi connectivity index (χ2v) is 4.76. The van der Waals surface area contributed by atoms with Crippen molar-refractivity contribution in [1.29, 1.82) is 0 Å². The Bertz CT molecular complexity index is 396. The molecule has 1 aromatic rings. The lowest BCUT2D eigenvalue weighted by Gasteiger charge is -2.19. The summed E-state index contributed by atoms with van der Waals surface area (Å²) >= 11 is 6.21. The topological polar surface area (TPSA) is 42.0 Å². The average molecular weight is 273 g/mol. The van der Waals surface area contributed by atoms with Crippen LogP contribution in [0.2, 0.25) is 0 Å². The molecule has 0 spiro atoms. The molecule has 0 aromatic carbocycles. The van der Waals surface area contributed by atoms with Crippen LogP contribution in [0.25, 0.3) is 0 Å². The maximum Gasteiger partial charge on any atom is 0.253 e. The number of pyridine rings is 1. The van der Waals surface area contributed by atoms with Crippen LogP contribution in [0, 0.1) is 11.7 Å². The van der Waals surface area contributed by atoms with Crippen molar-refractivity contribution in [1.82, 2.24) is 10.3 Å². The number of hydrogen-bond donors (Lipinski definition) is 1. The van der Waals surface area contributed by atoms with E-state index in [9.17, 15) is 9.18 Å². The van der Waals surface area contributed by atoms with Gasteiger partial charge in [0.25, 0.3) is 5.91 Å². The van der Waals surface area contributed by atoms with E-state index in [1.165, 1.54) is 6.20 Å². The summed E-state index contributed by atoms with van der Waals surface area (Å²) in [6.45, 7) is 4.52. The Morgan fingerprint density at radius 2 is 2.11 bits per heavy atom. The summed E-state index contributed by atoms with van der Waals surface area (Å²) in [5.41, 5.74) is 0.211. The molecule has 0 radical (unpaired) electrons. The van der Waals surface area contributed by atoms with Crippen molar-refractivity contribution in [2.75, 3.05) is 6.54 Å². The minimum Gasteiger partial charge on any atom is -0.350 e. The van der Waals surface area contributed by atoms with E-state index in [2.05, 4.69) is 24.1 Å². The van der Waals surface area contributed by atoms with Gasteiger partial charge in [0.2, 0.25) is 0 Å². The van der Waals surface area contributed by atoms with Crippen molar-refractivity contribution in [2.24, 2.45) is 5.92 Å². The Hall–Kier alpha value is -1.16. The van der Waals surface area contributed by atoms with Crippen LogP contribution in [-0.2, 0) is 0 Å². The minimum absolute atomic E-state index is 0.106. The molecule has 0 bridgehead atoms. The van der Waals surface area contributed by atoms with Gasteiger partial charge >= 0.3 is 0 Å². The van der Waals surface area contributed by atoms with Crippen LogP contribution >= 0.6 is 11.6 Å². The fraction of sp³-hybridized carbons (Fsp3) is 0.538. The van der Waals surface area contributed by atoms with Crippen LogP contribution in [0.5, 0.6) is 0 Å². The Kier molecular flexibility index (Phi) is 6.05. The van der Waals surface area contributed by atoms with E-state index < -0.39 is 5.82 Å². The molecule has 1 amide bonds. The van der Waals surface area contributed by atoms with Crippen LogP contribution in [0.15, 0.2) is 18.5 Å². The van der Waals surface area contributed by atoms with Crippen molar-refractivity contribution in [3.63, 3.8) is 0 Å². The number of carbonyl (C=O) groups excluding carboxylic acids is 1. The molecule has 0 saturated heterocycles. The summed E-state index contributed by atoms with van der Waals surface area (Å²) in [4.78, 5) is 15.4. The number of hydrogen-bond acceptors (Lipinski definition) is 2. The van der Waals surface area contributed by atoms with Gasteiger partial charge in [0.05, 0.1) is 17.1 Å². The summed E-state index contributed by atoms with van der Waals surface area (Å²) in [6, 6.07) is 1.16. The first-order valence-corrected chi connectivity index (χ1v) is 6.54. The summed E-state index contributed by atoms with van der Waals surface area (Å²) in [6.07, 6.45) is 4.34. The number of rotatable bonds is 6. The number of alkyl halides is 1. The predicted octanol–water partition coefficient (Wildman–Crippen LogP) is 2.99. The molecule has 1 atom stereocenters.